The molecule has 0 saturated carbocycles. The van der Waals surface area contributed by atoms with Crippen molar-refractivity contribution in [1.82, 2.24) is 15.0 Å². The van der Waals surface area contributed by atoms with Crippen LogP contribution in [0.1, 0.15) is 5.82 Å². The van der Waals surface area contributed by atoms with E-state index in [1.54, 1.807) is 6.07 Å². The van der Waals surface area contributed by atoms with Crippen molar-refractivity contribution in [3.05, 3.63) is 54.2 Å². The first-order valence-corrected chi connectivity index (χ1v) is 9.88. The molecule has 0 amide bonds. The summed E-state index contributed by atoms with van der Waals surface area (Å²) in [4.78, 5) is 10.7. The Morgan fingerprint density at radius 1 is 1.12 bits per heavy atom. The van der Waals surface area contributed by atoms with E-state index in [0.29, 0.717) is 12.2 Å². The highest BCUT2D eigenvalue weighted by molar-refractivity contribution is 7.90. The second-order valence-corrected chi connectivity index (χ2v) is 8.45. The fourth-order valence-corrected chi connectivity index (χ4v) is 3.53. The number of sulfone groups is 1. The topological polar surface area (TPSA) is 78.6 Å². The molecule has 0 unspecified atom stereocenters. The Morgan fingerprint density at radius 3 is 2.76 bits per heavy atom. The Hall–Kier alpha value is -2.67. The largest absolute Gasteiger partial charge is 0.360 e. The SMILES string of the molecule is CS(=O)(=O)CCc1nc2cc(-c3c[nH]c4cc(F)ccc34)ccc2[nH]1. The van der Waals surface area contributed by atoms with Crippen LogP contribution in [0.2, 0.25) is 0 Å². The molecule has 0 fully saturated rings. The molecular formula is C18H16FN3O2S. The third-order valence-electron chi connectivity index (χ3n) is 4.20. The molecule has 128 valence electrons. The zero-order valence-electron chi connectivity index (χ0n) is 13.5. The maximum atomic E-state index is 13.3. The summed E-state index contributed by atoms with van der Waals surface area (Å²) in [6.45, 7) is 0. The summed E-state index contributed by atoms with van der Waals surface area (Å²) in [5, 5.41) is 0.939. The average Bonchev–Trinajstić information content (AvgIpc) is 3.14. The minimum Gasteiger partial charge on any atom is -0.360 e. The van der Waals surface area contributed by atoms with Crippen LogP contribution in [0, 0.1) is 5.82 Å². The van der Waals surface area contributed by atoms with Gasteiger partial charge in [-0.2, -0.15) is 0 Å². The number of nitrogens with one attached hydrogen (secondary N) is 2. The number of nitrogens with zero attached hydrogens (tertiary/aromatic N) is 1. The highest BCUT2D eigenvalue weighted by atomic mass is 32.2. The van der Waals surface area contributed by atoms with E-state index in [9.17, 15) is 12.8 Å². The van der Waals surface area contributed by atoms with E-state index in [1.807, 2.05) is 24.4 Å². The molecule has 4 aromatic rings. The third kappa shape index (κ3) is 3.15. The minimum absolute atomic E-state index is 0.0632. The quantitative estimate of drug-likeness (QED) is 0.587. The number of halogens is 1. The van der Waals surface area contributed by atoms with Gasteiger partial charge in [0.05, 0.1) is 16.8 Å². The zero-order chi connectivity index (χ0) is 17.6. The van der Waals surface area contributed by atoms with Gasteiger partial charge in [-0.1, -0.05) is 6.07 Å². The van der Waals surface area contributed by atoms with Crippen molar-refractivity contribution in [3.8, 4) is 11.1 Å². The smallest absolute Gasteiger partial charge is 0.147 e. The molecule has 0 bridgehead atoms. The first kappa shape index (κ1) is 15.8. The third-order valence-corrected chi connectivity index (χ3v) is 5.14. The normalized spacial score (nSPS) is 12.2. The number of aromatic amines is 2. The first-order valence-electron chi connectivity index (χ1n) is 7.82. The van der Waals surface area contributed by atoms with Crippen LogP contribution in [0.4, 0.5) is 4.39 Å². The molecule has 0 saturated heterocycles. The molecule has 4 rings (SSSR count). The lowest BCUT2D eigenvalue weighted by atomic mass is 10.0. The lowest BCUT2D eigenvalue weighted by Gasteiger charge is -2.00. The van der Waals surface area contributed by atoms with E-state index in [1.165, 1.54) is 18.4 Å². The molecule has 0 atom stereocenters. The number of hydrogen-bond acceptors (Lipinski definition) is 3. The van der Waals surface area contributed by atoms with Gasteiger partial charge < -0.3 is 9.97 Å². The van der Waals surface area contributed by atoms with Gasteiger partial charge in [-0.3, -0.25) is 0 Å². The number of aromatic nitrogens is 3. The van der Waals surface area contributed by atoms with Gasteiger partial charge in [0.25, 0.3) is 0 Å². The van der Waals surface area contributed by atoms with Crippen LogP contribution < -0.4 is 0 Å². The van der Waals surface area contributed by atoms with Crippen molar-refractivity contribution in [3.63, 3.8) is 0 Å². The van der Waals surface area contributed by atoms with E-state index in [2.05, 4.69) is 15.0 Å². The van der Waals surface area contributed by atoms with Crippen LogP contribution in [0.5, 0.6) is 0 Å². The first-order chi connectivity index (χ1) is 11.9. The van der Waals surface area contributed by atoms with Crippen molar-refractivity contribution in [1.29, 1.82) is 0 Å². The van der Waals surface area contributed by atoms with E-state index in [-0.39, 0.29) is 11.6 Å². The standard InChI is InChI=1S/C18H16FN3O2S/c1-25(23,24)7-6-18-21-15-5-2-11(8-17(15)22-18)14-10-20-16-9-12(19)3-4-13(14)16/h2-5,8-10,20H,6-7H2,1H3,(H,21,22). The van der Waals surface area contributed by atoms with E-state index in [4.69, 9.17) is 0 Å². The van der Waals surface area contributed by atoms with Gasteiger partial charge in [0.2, 0.25) is 0 Å². The molecule has 2 aromatic heterocycles. The van der Waals surface area contributed by atoms with Crippen LogP contribution >= 0.6 is 0 Å². The number of H-pyrrole nitrogens is 2. The van der Waals surface area contributed by atoms with Crippen molar-refractivity contribution < 1.29 is 12.8 Å². The van der Waals surface area contributed by atoms with Crippen molar-refractivity contribution in [2.24, 2.45) is 0 Å². The van der Waals surface area contributed by atoms with Crippen LogP contribution in [-0.4, -0.2) is 35.4 Å². The van der Waals surface area contributed by atoms with Crippen molar-refractivity contribution in [2.45, 2.75) is 6.42 Å². The molecule has 5 nitrogen and oxygen atoms in total. The summed E-state index contributed by atoms with van der Waals surface area (Å²) >= 11 is 0. The minimum atomic E-state index is -3.03. The Balaban J connectivity index is 1.73. The molecule has 0 aliphatic rings. The van der Waals surface area contributed by atoms with Crippen LogP contribution in [-0.2, 0) is 16.3 Å². The van der Waals surface area contributed by atoms with Crippen LogP contribution in [0.15, 0.2) is 42.6 Å². The number of imidazole rings is 1. The maximum Gasteiger partial charge on any atom is 0.147 e. The predicted octanol–water partition coefficient (Wildman–Crippen LogP) is 3.44. The second kappa shape index (κ2) is 5.70. The molecule has 0 spiro atoms. The van der Waals surface area contributed by atoms with Crippen LogP contribution in [0.3, 0.4) is 0 Å². The maximum absolute atomic E-state index is 13.3. The Bertz CT molecular complexity index is 1190. The molecular weight excluding hydrogens is 341 g/mol. The highest BCUT2D eigenvalue weighted by Crippen LogP contribution is 2.30. The number of fused-ring (bicyclic) bond motifs is 2. The fourth-order valence-electron chi connectivity index (χ4n) is 2.96. The lowest BCUT2D eigenvalue weighted by molar-refractivity contribution is 0.600. The summed E-state index contributed by atoms with van der Waals surface area (Å²) < 4.78 is 36.0. The van der Waals surface area contributed by atoms with E-state index < -0.39 is 9.84 Å². The number of benzene rings is 2. The fraction of sp³-hybridized carbons (Fsp3) is 0.167. The summed E-state index contributed by atoms with van der Waals surface area (Å²) in [6, 6.07) is 10.5. The molecule has 25 heavy (non-hydrogen) atoms. The number of aryl methyl sites for hydroxylation is 1. The summed E-state index contributed by atoms with van der Waals surface area (Å²) in [5.74, 6) is 0.436. The van der Waals surface area contributed by atoms with Crippen LogP contribution in [0.25, 0.3) is 33.1 Å². The van der Waals surface area contributed by atoms with E-state index >= 15 is 0 Å². The zero-order valence-corrected chi connectivity index (χ0v) is 14.3. The lowest BCUT2D eigenvalue weighted by Crippen LogP contribution is -2.06. The number of hydrogen-bond donors (Lipinski definition) is 2. The molecule has 7 heteroatoms. The van der Waals surface area contributed by atoms with Gasteiger partial charge in [-0.25, -0.2) is 17.8 Å². The molecule has 0 aliphatic heterocycles. The van der Waals surface area contributed by atoms with E-state index in [0.717, 1.165) is 33.1 Å². The molecule has 0 radical (unpaired) electrons. The van der Waals surface area contributed by atoms with Gasteiger partial charge in [-0.05, 0) is 35.9 Å². The van der Waals surface area contributed by atoms with Gasteiger partial charge in [0.1, 0.15) is 21.5 Å². The summed E-state index contributed by atoms with van der Waals surface area (Å²) in [7, 11) is -3.03. The Kier molecular flexibility index (Phi) is 3.61. The Morgan fingerprint density at radius 2 is 1.96 bits per heavy atom. The number of rotatable bonds is 4. The van der Waals surface area contributed by atoms with Gasteiger partial charge in [-0.15, -0.1) is 0 Å². The monoisotopic (exact) mass is 357 g/mol. The molecule has 2 heterocycles. The Labute approximate surface area is 143 Å². The van der Waals surface area contributed by atoms with Gasteiger partial charge >= 0.3 is 0 Å². The second-order valence-electron chi connectivity index (χ2n) is 6.19. The molecule has 2 N–H and O–H groups in total. The summed E-state index contributed by atoms with van der Waals surface area (Å²) in [6.07, 6.45) is 3.42. The van der Waals surface area contributed by atoms with Crippen molar-refractivity contribution in [2.75, 3.05) is 12.0 Å². The molecule has 0 aliphatic carbocycles. The molecule has 2 aromatic carbocycles. The van der Waals surface area contributed by atoms with Crippen molar-refractivity contribution >= 4 is 31.8 Å². The van der Waals surface area contributed by atoms with Gasteiger partial charge in [0, 0.05) is 35.3 Å². The predicted molar refractivity (Wildman–Crippen MR) is 96.8 cm³/mol. The average molecular weight is 357 g/mol. The highest BCUT2D eigenvalue weighted by Gasteiger charge is 2.11. The van der Waals surface area contributed by atoms with Gasteiger partial charge in [0.15, 0.2) is 0 Å². The summed E-state index contributed by atoms with van der Waals surface area (Å²) in [5.41, 5.74) is 4.31.